The fraction of sp³-hybridized carbons (Fsp3) is 0.846. The Morgan fingerprint density at radius 3 is 0.966 bits per heavy atom. The number of allylic oxidation sites excluding steroid dienone is 10. The molecule has 0 aliphatic carbocycles. The number of carbonyl (C=O) groups is 2. The van der Waals surface area contributed by atoms with E-state index in [2.05, 4.69) is 74.6 Å². The smallest absolute Gasteiger partial charge is 0.462 e. The maximum absolute atomic E-state index is 12.9. The van der Waals surface area contributed by atoms with Gasteiger partial charge in [0.1, 0.15) is 19.8 Å². The number of phosphoric ester groups is 1. The quantitative estimate of drug-likeness (QED) is 0.0211. The number of esters is 2. The Hall–Kier alpha value is -2.29. The third kappa shape index (κ3) is 72.8. The Bertz CT molecular complexity index is 1670. The second-order valence-corrected chi connectivity index (χ2v) is 28.5. The first kappa shape index (κ1) is 85.7. The third-order valence-electron chi connectivity index (χ3n) is 17.1. The predicted molar refractivity (Wildman–Crippen MR) is 381 cm³/mol. The molecule has 0 aromatic carbocycles. The van der Waals surface area contributed by atoms with E-state index in [0.717, 1.165) is 70.6 Å². The molecular weight excluding hydrogens is 1110 g/mol. The Labute approximate surface area is 546 Å². The molecule has 10 heteroatoms. The summed E-state index contributed by atoms with van der Waals surface area (Å²) in [5.74, 6) is -0.785. The van der Waals surface area contributed by atoms with Gasteiger partial charge in [0.15, 0.2) is 6.10 Å². The number of likely N-dealkylation sites (N-methyl/N-ethyl adjacent to an activating group) is 1. The van der Waals surface area contributed by atoms with E-state index in [-0.39, 0.29) is 25.6 Å². The molecule has 0 heterocycles. The van der Waals surface area contributed by atoms with E-state index < -0.39 is 26.5 Å². The highest BCUT2D eigenvalue weighted by atomic mass is 31.2. The Morgan fingerprint density at radius 2 is 0.648 bits per heavy atom. The van der Waals surface area contributed by atoms with E-state index >= 15 is 0 Å². The molecule has 0 bridgehead atoms. The molecule has 0 aliphatic rings. The van der Waals surface area contributed by atoms with Crippen molar-refractivity contribution in [1.29, 1.82) is 0 Å². The molecule has 0 radical (unpaired) electrons. The lowest BCUT2D eigenvalue weighted by molar-refractivity contribution is -0.870. The van der Waals surface area contributed by atoms with Crippen LogP contribution < -0.4 is 0 Å². The molecule has 0 saturated heterocycles. The molecule has 0 rings (SSSR count). The summed E-state index contributed by atoms with van der Waals surface area (Å²) in [7, 11) is 1.49. The van der Waals surface area contributed by atoms with Gasteiger partial charge in [0.2, 0.25) is 0 Å². The Balaban J connectivity index is 3.93. The molecule has 88 heavy (non-hydrogen) atoms. The molecule has 0 spiro atoms. The minimum atomic E-state index is -4.39. The van der Waals surface area contributed by atoms with Crippen molar-refractivity contribution in [3.05, 3.63) is 60.8 Å². The number of quaternary nitrogens is 1. The van der Waals surface area contributed by atoms with Gasteiger partial charge < -0.3 is 18.9 Å². The van der Waals surface area contributed by atoms with Gasteiger partial charge in [0, 0.05) is 12.8 Å². The van der Waals surface area contributed by atoms with Crippen LogP contribution in [0, 0.1) is 0 Å². The van der Waals surface area contributed by atoms with E-state index in [1.807, 2.05) is 21.1 Å². The molecular formula is C78H147NO8P+. The molecule has 0 saturated carbocycles. The maximum Gasteiger partial charge on any atom is 0.472 e. The van der Waals surface area contributed by atoms with Crippen molar-refractivity contribution in [2.75, 3.05) is 47.5 Å². The van der Waals surface area contributed by atoms with Crippen molar-refractivity contribution >= 4 is 19.8 Å². The van der Waals surface area contributed by atoms with Crippen LogP contribution in [0.1, 0.15) is 373 Å². The highest BCUT2D eigenvalue weighted by Crippen LogP contribution is 2.43. The number of hydrogen-bond donors (Lipinski definition) is 1. The lowest BCUT2D eigenvalue weighted by atomic mass is 10.0. The first-order chi connectivity index (χ1) is 43.0. The highest BCUT2D eigenvalue weighted by Gasteiger charge is 2.27. The average molecular weight is 1260 g/mol. The lowest BCUT2D eigenvalue weighted by Crippen LogP contribution is -2.37. The number of phosphoric acid groups is 1. The minimum Gasteiger partial charge on any atom is -0.462 e. The van der Waals surface area contributed by atoms with Crippen molar-refractivity contribution in [3.8, 4) is 0 Å². The zero-order valence-electron chi connectivity index (χ0n) is 59.0. The Morgan fingerprint density at radius 1 is 0.364 bits per heavy atom. The molecule has 2 atom stereocenters. The van der Waals surface area contributed by atoms with Gasteiger partial charge >= 0.3 is 19.8 Å². The van der Waals surface area contributed by atoms with Gasteiger partial charge in [0.05, 0.1) is 27.7 Å². The monoisotopic (exact) mass is 1260 g/mol. The zero-order valence-corrected chi connectivity index (χ0v) is 59.9. The molecule has 0 fully saturated rings. The fourth-order valence-corrected chi connectivity index (χ4v) is 12.0. The number of carbonyl (C=O) groups excluding carboxylic acids is 2. The van der Waals surface area contributed by atoms with E-state index in [9.17, 15) is 19.0 Å². The molecule has 0 aliphatic heterocycles. The highest BCUT2D eigenvalue weighted by molar-refractivity contribution is 7.47. The first-order valence-electron chi connectivity index (χ1n) is 38.0. The van der Waals surface area contributed by atoms with E-state index in [1.165, 1.54) is 270 Å². The number of hydrogen-bond acceptors (Lipinski definition) is 7. The van der Waals surface area contributed by atoms with E-state index in [1.54, 1.807) is 0 Å². The summed E-state index contributed by atoms with van der Waals surface area (Å²) in [6.45, 7) is 4.38. The van der Waals surface area contributed by atoms with Crippen LogP contribution in [0.25, 0.3) is 0 Å². The number of ether oxygens (including phenoxy) is 2. The van der Waals surface area contributed by atoms with Gasteiger partial charge in [-0.2, -0.15) is 0 Å². The van der Waals surface area contributed by atoms with Gasteiger partial charge in [-0.25, -0.2) is 4.57 Å². The fourth-order valence-electron chi connectivity index (χ4n) is 11.3. The summed E-state index contributed by atoms with van der Waals surface area (Å²) in [6, 6.07) is 0. The van der Waals surface area contributed by atoms with Crippen LogP contribution in [-0.4, -0.2) is 74.9 Å². The van der Waals surface area contributed by atoms with Crippen molar-refractivity contribution < 1.29 is 42.1 Å². The molecule has 0 aromatic rings. The maximum atomic E-state index is 12.9. The first-order valence-corrected chi connectivity index (χ1v) is 39.5. The summed E-state index contributed by atoms with van der Waals surface area (Å²) in [6.07, 6.45) is 92.2. The summed E-state index contributed by atoms with van der Waals surface area (Å²) in [4.78, 5) is 35.9. The van der Waals surface area contributed by atoms with Crippen LogP contribution in [0.4, 0.5) is 0 Å². The standard InChI is InChI=1S/C78H146NO8P/c1-6-8-10-12-14-16-18-20-22-24-26-28-30-32-34-35-36-37-38-39-40-41-42-43-45-46-48-50-52-54-56-58-60-62-64-66-68-70-77(80)84-74-76(75-86-88(82,83)85-73-72-79(3,4)5)87-78(81)71-69-67-65-63-61-59-57-55-53-51-49-47-44-33-31-29-27-25-23-21-19-17-15-13-11-9-7-2/h9,11,15,17,21,23,27,29,33,44,76H,6-8,10,12-14,16,18-20,22,24-26,28,30-32,34-43,45-75H2,1-5H3/p+1/b11-9-,17-15-,23-21-,29-27-,44-33-. The topological polar surface area (TPSA) is 108 Å². The van der Waals surface area contributed by atoms with Gasteiger partial charge in [-0.15, -0.1) is 0 Å². The van der Waals surface area contributed by atoms with Crippen LogP contribution in [0.5, 0.6) is 0 Å². The lowest BCUT2D eigenvalue weighted by Gasteiger charge is -2.24. The molecule has 0 amide bonds. The van der Waals surface area contributed by atoms with Crippen LogP contribution in [0.2, 0.25) is 0 Å². The van der Waals surface area contributed by atoms with Crippen LogP contribution in [-0.2, 0) is 32.7 Å². The number of unbranched alkanes of at least 4 members (excludes halogenated alkanes) is 47. The minimum absolute atomic E-state index is 0.0312. The SMILES string of the molecule is CC/C=C\C/C=C\C/C=C\C/C=C\C/C=C\CCCCCCCCCCCCCC(=O)OC(COC(=O)CCCCCCCCCCCCCCCCCCCCCCCCCCCCCCCCCCCCCCC)COP(=O)(O)OCC[N+](C)(C)C. The van der Waals surface area contributed by atoms with Gasteiger partial charge in [-0.3, -0.25) is 18.6 Å². The molecule has 0 aromatic heterocycles. The largest absolute Gasteiger partial charge is 0.472 e. The second-order valence-electron chi connectivity index (χ2n) is 27.0. The van der Waals surface area contributed by atoms with Crippen molar-refractivity contribution in [3.63, 3.8) is 0 Å². The molecule has 2 unspecified atom stereocenters. The summed E-state index contributed by atoms with van der Waals surface area (Å²) in [5.41, 5.74) is 0. The van der Waals surface area contributed by atoms with Crippen molar-refractivity contribution in [2.45, 2.75) is 380 Å². The summed E-state index contributed by atoms with van der Waals surface area (Å²) < 4.78 is 34.8. The predicted octanol–water partition coefficient (Wildman–Crippen LogP) is 24.9. The van der Waals surface area contributed by atoms with E-state index in [0.29, 0.717) is 23.9 Å². The number of nitrogens with zero attached hydrogens (tertiary/aromatic N) is 1. The Kier molecular flexibility index (Phi) is 67.3. The average Bonchev–Trinajstić information content (AvgIpc) is 3.60. The van der Waals surface area contributed by atoms with Crippen molar-refractivity contribution in [1.82, 2.24) is 0 Å². The third-order valence-corrected chi connectivity index (χ3v) is 18.0. The second kappa shape index (κ2) is 69.1. The van der Waals surface area contributed by atoms with Crippen LogP contribution in [0.3, 0.4) is 0 Å². The van der Waals surface area contributed by atoms with Gasteiger partial charge in [-0.05, 0) is 57.8 Å². The van der Waals surface area contributed by atoms with E-state index in [4.69, 9.17) is 18.5 Å². The van der Waals surface area contributed by atoms with Gasteiger partial charge in [0.25, 0.3) is 0 Å². The van der Waals surface area contributed by atoms with Crippen LogP contribution in [0.15, 0.2) is 60.8 Å². The van der Waals surface area contributed by atoms with Crippen molar-refractivity contribution in [2.24, 2.45) is 0 Å². The molecule has 9 nitrogen and oxygen atoms in total. The summed E-state index contributed by atoms with van der Waals surface area (Å²) in [5, 5.41) is 0. The molecule has 1 N–H and O–H groups in total. The summed E-state index contributed by atoms with van der Waals surface area (Å²) >= 11 is 0. The van der Waals surface area contributed by atoms with Gasteiger partial charge in [-0.1, -0.05) is 364 Å². The van der Waals surface area contributed by atoms with Crippen LogP contribution >= 0.6 is 7.82 Å². The molecule has 516 valence electrons. The number of rotatable bonds is 71. The zero-order chi connectivity index (χ0) is 64.1. The normalized spacial score (nSPS) is 13.4.